The number of nitrogens with zero attached hydrogens (tertiary/aromatic N) is 5. The average molecular weight is 559 g/mol. The van der Waals surface area contributed by atoms with Gasteiger partial charge in [-0.15, -0.1) is 24.0 Å². The number of guanidine groups is 1. The highest BCUT2D eigenvalue weighted by molar-refractivity contribution is 14.0. The van der Waals surface area contributed by atoms with E-state index in [0.717, 1.165) is 82.1 Å². The van der Waals surface area contributed by atoms with E-state index in [2.05, 4.69) is 50.5 Å². The molecule has 2 heterocycles. The van der Waals surface area contributed by atoms with Crippen molar-refractivity contribution in [3.63, 3.8) is 0 Å². The van der Waals surface area contributed by atoms with Gasteiger partial charge in [0.1, 0.15) is 5.82 Å². The summed E-state index contributed by atoms with van der Waals surface area (Å²) in [7, 11) is 0. The van der Waals surface area contributed by atoms with Gasteiger partial charge in [-0.1, -0.05) is 37.3 Å². The topological polar surface area (TPSA) is 65.9 Å². The van der Waals surface area contributed by atoms with Gasteiger partial charge in [-0.05, 0) is 25.3 Å². The van der Waals surface area contributed by atoms with Gasteiger partial charge >= 0.3 is 0 Å². The van der Waals surface area contributed by atoms with Gasteiger partial charge < -0.3 is 19.9 Å². The predicted octanol–water partition coefficient (Wildman–Crippen LogP) is 3.80. The van der Waals surface area contributed by atoms with Crippen molar-refractivity contribution in [2.45, 2.75) is 39.7 Å². The largest absolute Gasteiger partial charge is 0.377 e. The number of aliphatic imine (C=N–C) groups is 1. The van der Waals surface area contributed by atoms with Crippen molar-refractivity contribution in [1.29, 1.82) is 0 Å². The normalized spacial score (nSPS) is 14.5. The van der Waals surface area contributed by atoms with E-state index in [9.17, 15) is 0 Å². The summed E-state index contributed by atoms with van der Waals surface area (Å²) in [5, 5.41) is 4.49. The molecular weight excluding hydrogens is 523 g/mol. The van der Waals surface area contributed by atoms with Crippen molar-refractivity contribution in [2.75, 3.05) is 50.8 Å². The van der Waals surface area contributed by atoms with Crippen molar-refractivity contribution >= 4 is 46.6 Å². The maximum Gasteiger partial charge on any atom is 0.205 e. The molecule has 3 rings (SSSR count). The van der Waals surface area contributed by atoms with Crippen molar-refractivity contribution in [3.05, 3.63) is 41.7 Å². The Morgan fingerprint density at radius 3 is 2.58 bits per heavy atom. The number of piperazine rings is 1. The molecule has 2 aromatic rings. The van der Waals surface area contributed by atoms with E-state index in [4.69, 9.17) is 9.73 Å². The van der Waals surface area contributed by atoms with E-state index >= 15 is 0 Å². The number of benzene rings is 1. The lowest BCUT2D eigenvalue weighted by molar-refractivity contribution is 0.117. The van der Waals surface area contributed by atoms with Gasteiger partial charge in [0, 0.05) is 63.8 Å². The number of anilines is 1. The summed E-state index contributed by atoms with van der Waals surface area (Å²) in [6, 6.07) is 10.3. The highest BCUT2D eigenvalue weighted by Gasteiger charge is 2.21. The highest BCUT2D eigenvalue weighted by atomic mass is 127. The molecule has 1 fully saturated rings. The Balaban J connectivity index is 0.00000341. The van der Waals surface area contributed by atoms with E-state index in [1.165, 1.54) is 17.1 Å². The van der Waals surface area contributed by atoms with Crippen LogP contribution in [-0.4, -0.2) is 66.1 Å². The Kier molecular flexibility index (Phi) is 12.1. The monoisotopic (exact) mass is 558 g/mol. The van der Waals surface area contributed by atoms with Gasteiger partial charge in [-0.25, -0.2) is 4.98 Å². The number of hydrogen-bond donors (Lipinski definition) is 1. The SMILES string of the molecule is CCNC(=NCCCCOCc1ccccc1)N1CCN(c2nc(CC)ns2)CC1.I. The third-order valence-electron chi connectivity index (χ3n) is 5.03. The molecule has 0 saturated carbocycles. The van der Waals surface area contributed by atoms with E-state index in [1.807, 2.05) is 18.2 Å². The van der Waals surface area contributed by atoms with E-state index in [-0.39, 0.29) is 24.0 Å². The lowest BCUT2D eigenvalue weighted by Gasteiger charge is -2.36. The number of rotatable bonds is 10. The molecule has 0 spiro atoms. The molecule has 1 aromatic carbocycles. The van der Waals surface area contributed by atoms with Gasteiger partial charge in [0.25, 0.3) is 0 Å². The minimum atomic E-state index is 0. The predicted molar refractivity (Wildman–Crippen MR) is 140 cm³/mol. The fraction of sp³-hybridized carbons (Fsp3) is 0.591. The first-order valence-corrected chi connectivity index (χ1v) is 11.8. The molecule has 31 heavy (non-hydrogen) atoms. The Hall–Kier alpha value is -1.46. The highest BCUT2D eigenvalue weighted by Crippen LogP contribution is 2.19. The summed E-state index contributed by atoms with van der Waals surface area (Å²) < 4.78 is 10.2. The minimum absolute atomic E-state index is 0. The standard InChI is InChI=1S/C22H34N6OS.HI/c1-3-20-25-22(30-26-20)28-15-13-27(14-16-28)21(23-4-2)24-12-8-9-17-29-18-19-10-6-5-7-11-19;/h5-7,10-11H,3-4,8-9,12-18H2,1-2H3,(H,23,24);1H. The van der Waals surface area contributed by atoms with E-state index in [0.29, 0.717) is 6.61 Å². The number of nitrogens with one attached hydrogen (secondary N) is 1. The quantitative estimate of drug-likeness (QED) is 0.207. The second-order valence-corrected chi connectivity index (χ2v) is 8.03. The molecule has 0 radical (unpaired) electrons. The second kappa shape index (κ2) is 14.6. The zero-order valence-electron chi connectivity index (χ0n) is 18.6. The van der Waals surface area contributed by atoms with Crippen LogP contribution in [0.3, 0.4) is 0 Å². The van der Waals surface area contributed by atoms with Crippen LogP contribution in [0.2, 0.25) is 0 Å². The lowest BCUT2D eigenvalue weighted by atomic mass is 10.2. The van der Waals surface area contributed by atoms with Crippen LogP contribution in [0.15, 0.2) is 35.3 Å². The number of halogens is 1. The summed E-state index contributed by atoms with van der Waals surface area (Å²) in [5.74, 6) is 1.97. The van der Waals surface area contributed by atoms with Crippen LogP contribution < -0.4 is 10.2 Å². The molecular formula is C22H35IN6OS. The number of aryl methyl sites for hydroxylation is 1. The molecule has 0 amide bonds. The van der Waals surface area contributed by atoms with Crippen molar-refractivity contribution in [3.8, 4) is 0 Å². The molecule has 1 aromatic heterocycles. The lowest BCUT2D eigenvalue weighted by Crippen LogP contribution is -2.52. The molecule has 0 unspecified atom stereocenters. The van der Waals surface area contributed by atoms with E-state index in [1.54, 1.807) is 0 Å². The first-order chi connectivity index (χ1) is 14.8. The van der Waals surface area contributed by atoms with Crippen LogP contribution in [0.5, 0.6) is 0 Å². The molecule has 7 nitrogen and oxygen atoms in total. The van der Waals surface area contributed by atoms with Crippen LogP contribution in [0, 0.1) is 0 Å². The van der Waals surface area contributed by atoms with E-state index < -0.39 is 0 Å². The second-order valence-electron chi connectivity index (χ2n) is 7.30. The summed E-state index contributed by atoms with van der Waals surface area (Å²) in [6.07, 6.45) is 2.96. The van der Waals surface area contributed by atoms with Crippen molar-refractivity contribution in [2.24, 2.45) is 4.99 Å². The summed E-state index contributed by atoms with van der Waals surface area (Å²) in [6.45, 7) is 11.2. The third-order valence-corrected chi connectivity index (χ3v) is 5.84. The van der Waals surface area contributed by atoms with Crippen molar-refractivity contribution in [1.82, 2.24) is 19.6 Å². The maximum absolute atomic E-state index is 5.76. The smallest absolute Gasteiger partial charge is 0.205 e. The summed E-state index contributed by atoms with van der Waals surface area (Å²) in [4.78, 5) is 14.1. The van der Waals surface area contributed by atoms with Crippen LogP contribution in [0.4, 0.5) is 5.13 Å². The first kappa shape index (κ1) is 25.8. The molecule has 1 N–H and O–H groups in total. The van der Waals surface area contributed by atoms with Gasteiger partial charge in [0.2, 0.25) is 5.13 Å². The first-order valence-electron chi connectivity index (χ1n) is 11.0. The fourth-order valence-electron chi connectivity index (χ4n) is 3.32. The number of aromatic nitrogens is 2. The van der Waals surface area contributed by atoms with Crippen LogP contribution >= 0.6 is 35.5 Å². The van der Waals surface area contributed by atoms with Crippen LogP contribution in [-0.2, 0) is 17.8 Å². The summed E-state index contributed by atoms with van der Waals surface area (Å²) >= 11 is 1.51. The number of unbranched alkanes of at least 4 members (excludes halogenated alkanes) is 1. The van der Waals surface area contributed by atoms with Gasteiger partial charge in [-0.3, -0.25) is 4.99 Å². The van der Waals surface area contributed by atoms with Gasteiger partial charge in [0.15, 0.2) is 5.96 Å². The summed E-state index contributed by atoms with van der Waals surface area (Å²) in [5.41, 5.74) is 1.23. The average Bonchev–Trinajstić information content (AvgIpc) is 3.28. The molecule has 0 atom stereocenters. The number of hydrogen-bond acceptors (Lipinski definition) is 6. The maximum atomic E-state index is 5.76. The third kappa shape index (κ3) is 8.53. The molecule has 1 aliphatic heterocycles. The molecule has 172 valence electrons. The zero-order chi connectivity index (χ0) is 21.0. The molecule has 9 heteroatoms. The minimum Gasteiger partial charge on any atom is -0.377 e. The van der Waals surface area contributed by atoms with Gasteiger partial charge in [0.05, 0.1) is 6.61 Å². The van der Waals surface area contributed by atoms with Crippen LogP contribution in [0.1, 0.15) is 38.1 Å². The molecule has 0 bridgehead atoms. The molecule has 0 aliphatic carbocycles. The fourth-order valence-corrected chi connectivity index (χ4v) is 4.12. The Bertz CT molecular complexity index is 764. The molecule has 1 aliphatic rings. The molecule has 1 saturated heterocycles. The number of ether oxygens (including phenoxy) is 1. The van der Waals surface area contributed by atoms with Crippen LogP contribution in [0.25, 0.3) is 0 Å². The zero-order valence-corrected chi connectivity index (χ0v) is 21.8. The Labute approximate surface area is 207 Å². The Morgan fingerprint density at radius 1 is 1.13 bits per heavy atom. The Morgan fingerprint density at radius 2 is 1.90 bits per heavy atom. The van der Waals surface area contributed by atoms with Crippen molar-refractivity contribution < 1.29 is 4.74 Å². The van der Waals surface area contributed by atoms with Gasteiger partial charge in [-0.2, -0.15) is 4.37 Å².